The minimum absolute atomic E-state index is 0.0434. The van der Waals surface area contributed by atoms with E-state index in [-0.39, 0.29) is 17.1 Å². The number of hydrogen-bond donors (Lipinski definition) is 1. The normalized spacial score (nSPS) is 10.6. The summed E-state index contributed by atoms with van der Waals surface area (Å²) in [4.78, 5) is 20.9. The van der Waals surface area contributed by atoms with E-state index in [0.29, 0.717) is 16.6 Å². The van der Waals surface area contributed by atoms with E-state index >= 15 is 0 Å². The minimum atomic E-state index is -0.622. The molecule has 0 saturated heterocycles. The van der Waals surface area contributed by atoms with Gasteiger partial charge in [-0.1, -0.05) is 6.07 Å². The number of methoxy groups -OCH3 is 1. The van der Waals surface area contributed by atoms with Gasteiger partial charge in [0.1, 0.15) is 5.69 Å². The maximum Gasteiger partial charge on any atom is 0.274 e. The van der Waals surface area contributed by atoms with Crippen molar-refractivity contribution in [1.29, 1.82) is 0 Å². The van der Waals surface area contributed by atoms with Crippen molar-refractivity contribution in [2.45, 2.75) is 6.92 Å². The van der Waals surface area contributed by atoms with Crippen molar-refractivity contribution in [3.8, 4) is 5.75 Å². The molecule has 3 rings (SSSR count). The van der Waals surface area contributed by atoms with E-state index in [1.807, 2.05) is 0 Å². The number of benzene rings is 1. The van der Waals surface area contributed by atoms with Gasteiger partial charge in [-0.2, -0.15) is 0 Å². The first-order valence-electron chi connectivity index (χ1n) is 6.96. The summed E-state index contributed by atoms with van der Waals surface area (Å²) < 4.78 is 19.0. The smallest absolute Gasteiger partial charge is 0.274 e. The topological polar surface area (TPSA) is 64.1 Å². The summed E-state index contributed by atoms with van der Waals surface area (Å²) in [6.07, 6.45) is 1.66. The molecule has 23 heavy (non-hydrogen) atoms. The van der Waals surface area contributed by atoms with Gasteiger partial charge in [-0.05, 0) is 42.8 Å². The molecule has 0 saturated carbocycles. The number of carbonyl (C=O) groups excluding carboxylic acids is 1. The zero-order valence-electron chi connectivity index (χ0n) is 12.6. The summed E-state index contributed by atoms with van der Waals surface area (Å²) in [7, 11) is 1.37. The predicted octanol–water partition coefficient (Wildman–Crippen LogP) is 3.34. The van der Waals surface area contributed by atoms with Crippen molar-refractivity contribution in [3.63, 3.8) is 0 Å². The summed E-state index contributed by atoms with van der Waals surface area (Å²) in [6.45, 7) is 1.76. The number of halogens is 1. The highest BCUT2D eigenvalue weighted by Gasteiger charge is 2.16. The van der Waals surface area contributed by atoms with Gasteiger partial charge in [-0.25, -0.2) is 9.37 Å². The van der Waals surface area contributed by atoms with Crippen molar-refractivity contribution < 1.29 is 13.9 Å². The van der Waals surface area contributed by atoms with Gasteiger partial charge in [0.2, 0.25) is 0 Å². The largest absolute Gasteiger partial charge is 0.494 e. The molecule has 0 aliphatic rings. The van der Waals surface area contributed by atoms with Gasteiger partial charge < -0.3 is 10.1 Å². The Morgan fingerprint density at radius 3 is 2.83 bits per heavy atom. The second kappa shape index (κ2) is 6.00. The summed E-state index contributed by atoms with van der Waals surface area (Å²) in [6, 6.07) is 9.84. The number of fused-ring (bicyclic) bond motifs is 1. The van der Waals surface area contributed by atoms with Crippen LogP contribution in [0, 0.1) is 12.7 Å². The number of rotatable bonds is 3. The highest BCUT2D eigenvalue weighted by Crippen LogP contribution is 2.24. The van der Waals surface area contributed by atoms with Crippen LogP contribution in [-0.4, -0.2) is 23.0 Å². The average molecular weight is 311 g/mol. The van der Waals surface area contributed by atoms with Crippen LogP contribution >= 0.6 is 0 Å². The second-order valence-corrected chi connectivity index (χ2v) is 4.97. The Morgan fingerprint density at radius 2 is 2.04 bits per heavy atom. The number of aromatic nitrogens is 2. The standard InChI is InChI=1S/C17H14FN3O2/c1-10-9-13-11(6-4-8-19-13)20-16(10)17(22)21-12-5-3-7-14(23-2)15(12)18/h3-9H,1-2H3,(H,21,22). The number of nitrogens with one attached hydrogen (secondary N) is 1. The first kappa shape index (κ1) is 14.9. The Bertz CT molecular complexity index is 896. The molecule has 2 aromatic heterocycles. The second-order valence-electron chi connectivity index (χ2n) is 4.97. The van der Waals surface area contributed by atoms with Crippen LogP contribution in [0.25, 0.3) is 11.0 Å². The zero-order valence-corrected chi connectivity index (χ0v) is 12.6. The van der Waals surface area contributed by atoms with Crippen LogP contribution in [0.4, 0.5) is 10.1 Å². The number of ether oxygens (including phenoxy) is 1. The molecular weight excluding hydrogens is 297 g/mol. The lowest BCUT2D eigenvalue weighted by atomic mass is 10.1. The maximum atomic E-state index is 14.1. The van der Waals surface area contributed by atoms with Crippen molar-refractivity contribution in [2.75, 3.05) is 12.4 Å². The van der Waals surface area contributed by atoms with Gasteiger partial charge in [-0.3, -0.25) is 9.78 Å². The molecule has 6 heteroatoms. The summed E-state index contributed by atoms with van der Waals surface area (Å²) in [5.74, 6) is -1.04. The van der Waals surface area contributed by atoms with Crippen LogP contribution < -0.4 is 10.1 Å². The molecule has 5 nitrogen and oxygen atoms in total. The van der Waals surface area contributed by atoms with Crippen molar-refractivity contribution in [3.05, 3.63) is 59.7 Å². The first-order chi connectivity index (χ1) is 11.1. The van der Waals surface area contributed by atoms with Crippen LogP contribution in [0.5, 0.6) is 5.75 Å². The van der Waals surface area contributed by atoms with Crippen molar-refractivity contribution >= 4 is 22.6 Å². The van der Waals surface area contributed by atoms with Crippen LogP contribution in [0.1, 0.15) is 16.1 Å². The molecule has 1 amide bonds. The van der Waals surface area contributed by atoms with Crippen molar-refractivity contribution in [2.24, 2.45) is 0 Å². The molecule has 2 heterocycles. The molecule has 0 unspecified atom stereocenters. The lowest BCUT2D eigenvalue weighted by molar-refractivity contribution is 0.102. The predicted molar refractivity (Wildman–Crippen MR) is 85.2 cm³/mol. The zero-order chi connectivity index (χ0) is 16.4. The number of anilines is 1. The average Bonchev–Trinajstić information content (AvgIpc) is 2.56. The van der Waals surface area contributed by atoms with E-state index in [4.69, 9.17) is 4.74 Å². The summed E-state index contributed by atoms with van der Waals surface area (Å²) in [5, 5.41) is 2.53. The van der Waals surface area contributed by atoms with Crippen LogP contribution in [0.3, 0.4) is 0 Å². The van der Waals surface area contributed by atoms with E-state index < -0.39 is 11.7 Å². The Labute approximate surface area is 132 Å². The number of pyridine rings is 2. The van der Waals surface area contributed by atoms with Gasteiger partial charge in [0.05, 0.1) is 23.8 Å². The molecule has 0 aliphatic heterocycles. The summed E-state index contributed by atoms with van der Waals surface area (Å²) in [5.41, 5.74) is 2.25. The number of nitrogens with zero attached hydrogens (tertiary/aromatic N) is 2. The monoisotopic (exact) mass is 311 g/mol. The maximum absolute atomic E-state index is 14.1. The molecule has 0 radical (unpaired) electrons. The third-order valence-electron chi connectivity index (χ3n) is 3.42. The van der Waals surface area contributed by atoms with Crippen LogP contribution in [0.15, 0.2) is 42.6 Å². The highest BCUT2D eigenvalue weighted by molar-refractivity contribution is 6.05. The molecule has 1 N–H and O–H groups in total. The van der Waals surface area contributed by atoms with Gasteiger partial charge in [0, 0.05) is 6.20 Å². The first-order valence-corrected chi connectivity index (χ1v) is 6.96. The molecule has 0 spiro atoms. The van der Waals surface area contributed by atoms with Gasteiger partial charge in [-0.15, -0.1) is 0 Å². The Morgan fingerprint density at radius 1 is 1.22 bits per heavy atom. The molecule has 1 aromatic carbocycles. The number of amides is 1. The van der Waals surface area contributed by atoms with E-state index in [1.165, 1.54) is 19.2 Å². The van der Waals surface area contributed by atoms with Gasteiger partial charge >= 0.3 is 0 Å². The molecule has 0 fully saturated rings. The molecule has 0 atom stereocenters. The Hall–Kier alpha value is -3.02. The molecule has 0 aliphatic carbocycles. The van der Waals surface area contributed by atoms with Gasteiger partial charge in [0.25, 0.3) is 5.91 Å². The number of hydrogen-bond acceptors (Lipinski definition) is 4. The molecule has 116 valence electrons. The van der Waals surface area contributed by atoms with Gasteiger partial charge in [0.15, 0.2) is 11.6 Å². The lowest BCUT2D eigenvalue weighted by Crippen LogP contribution is -2.16. The van der Waals surface area contributed by atoms with Crippen LogP contribution in [-0.2, 0) is 0 Å². The SMILES string of the molecule is COc1cccc(NC(=O)c2nc3cccnc3cc2C)c1F. The van der Waals surface area contributed by atoms with E-state index in [1.54, 1.807) is 37.4 Å². The van der Waals surface area contributed by atoms with E-state index in [9.17, 15) is 9.18 Å². The highest BCUT2D eigenvalue weighted by atomic mass is 19.1. The molecule has 0 bridgehead atoms. The Balaban J connectivity index is 1.96. The van der Waals surface area contributed by atoms with Crippen molar-refractivity contribution in [1.82, 2.24) is 9.97 Å². The fraction of sp³-hybridized carbons (Fsp3) is 0.118. The number of aryl methyl sites for hydroxylation is 1. The fourth-order valence-electron chi connectivity index (χ4n) is 2.27. The minimum Gasteiger partial charge on any atom is -0.494 e. The fourth-order valence-corrected chi connectivity index (χ4v) is 2.27. The van der Waals surface area contributed by atoms with E-state index in [2.05, 4.69) is 15.3 Å². The number of carbonyl (C=O) groups is 1. The Kier molecular flexibility index (Phi) is 3.89. The lowest BCUT2D eigenvalue weighted by Gasteiger charge is -2.10. The third kappa shape index (κ3) is 2.83. The third-order valence-corrected chi connectivity index (χ3v) is 3.42. The molecular formula is C17H14FN3O2. The summed E-state index contributed by atoms with van der Waals surface area (Å²) >= 11 is 0. The quantitative estimate of drug-likeness (QED) is 0.806. The van der Waals surface area contributed by atoms with E-state index in [0.717, 1.165) is 0 Å². The molecule has 3 aromatic rings. The van der Waals surface area contributed by atoms with Crippen LogP contribution in [0.2, 0.25) is 0 Å².